The fourth-order valence-corrected chi connectivity index (χ4v) is 3.69. The number of hydrogen-bond acceptors (Lipinski definition) is 3. The van der Waals surface area contributed by atoms with Gasteiger partial charge in [0.25, 0.3) is 5.91 Å². The molecule has 162 valence electrons. The minimum Gasteiger partial charge on any atom is -0.481 e. The molecule has 5 nitrogen and oxygen atoms in total. The Morgan fingerprint density at radius 2 is 1.86 bits per heavy atom. The predicted molar refractivity (Wildman–Crippen MR) is 117 cm³/mol. The summed E-state index contributed by atoms with van der Waals surface area (Å²) < 4.78 is 6.03. The van der Waals surface area contributed by atoms with Crippen molar-refractivity contribution < 1.29 is 14.3 Å². The van der Waals surface area contributed by atoms with Gasteiger partial charge in [0.1, 0.15) is 5.75 Å². The second kappa shape index (κ2) is 11.2. The third kappa shape index (κ3) is 6.76. The maximum Gasteiger partial charge on any atom is 0.263 e. The summed E-state index contributed by atoms with van der Waals surface area (Å²) in [5.41, 5.74) is 2.24. The van der Waals surface area contributed by atoms with Gasteiger partial charge in [0.05, 0.1) is 0 Å². The van der Waals surface area contributed by atoms with E-state index in [0.29, 0.717) is 19.0 Å². The van der Waals surface area contributed by atoms with Gasteiger partial charge in [0.2, 0.25) is 5.91 Å². The predicted octanol–water partition coefficient (Wildman–Crippen LogP) is 4.43. The van der Waals surface area contributed by atoms with E-state index in [2.05, 4.69) is 32.2 Å². The highest BCUT2D eigenvalue weighted by atomic mass is 16.5. The van der Waals surface area contributed by atoms with Gasteiger partial charge in [0, 0.05) is 25.6 Å². The second-order valence-electron chi connectivity index (χ2n) is 8.54. The van der Waals surface area contributed by atoms with Crippen LogP contribution in [0.25, 0.3) is 0 Å². The van der Waals surface area contributed by atoms with Gasteiger partial charge in [-0.3, -0.25) is 9.59 Å². The quantitative estimate of drug-likeness (QED) is 0.622. The van der Waals surface area contributed by atoms with Crippen molar-refractivity contribution in [1.29, 1.82) is 0 Å². The zero-order chi connectivity index (χ0) is 21.4. The van der Waals surface area contributed by atoms with E-state index in [1.807, 2.05) is 30.9 Å². The lowest BCUT2D eigenvalue weighted by Gasteiger charge is -2.33. The Bertz CT molecular complexity index is 679. The molecule has 0 bridgehead atoms. The molecule has 0 aliphatic carbocycles. The largest absolute Gasteiger partial charge is 0.481 e. The van der Waals surface area contributed by atoms with Gasteiger partial charge in [-0.15, -0.1) is 0 Å². The van der Waals surface area contributed by atoms with Crippen molar-refractivity contribution in [2.75, 3.05) is 19.6 Å². The van der Waals surface area contributed by atoms with Crippen LogP contribution < -0.4 is 10.1 Å². The Morgan fingerprint density at radius 3 is 2.48 bits per heavy atom. The van der Waals surface area contributed by atoms with Gasteiger partial charge in [-0.2, -0.15) is 0 Å². The number of hydrogen-bond donors (Lipinski definition) is 1. The van der Waals surface area contributed by atoms with Gasteiger partial charge in [0.15, 0.2) is 6.10 Å². The number of benzene rings is 1. The number of aryl methyl sites for hydroxylation is 1. The number of amides is 2. The van der Waals surface area contributed by atoms with Crippen molar-refractivity contribution >= 4 is 11.8 Å². The Morgan fingerprint density at radius 1 is 1.17 bits per heavy atom. The third-order valence-corrected chi connectivity index (χ3v) is 5.79. The Kier molecular flexibility index (Phi) is 8.99. The molecule has 1 fully saturated rings. The van der Waals surface area contributed by atoms with Crippen LogP contribution in [-0.2, 0) is 9.59 Å². The molecule has 0 spiro atoms. The van der Waals surface area contributed by atoms with Gasteiger partial charge < -0.3 is 15.0 Å². The minimum atomic E-state index is -0.532. The average Bonchev–Trinajstić information content (AvgIpc) is 2.72. The van der Waals surface area contributed by atoms with Crippen LogP contribution in [-0.4, -0.2) is 42.5 Å². The second-order valence-corrected chi connectivity index (χ2v) is 8.54. The van der Waals surface area contributed by atoms with Gasteiger partial charge in [-0.05, 0) is 56.2 Å². The first-order valence-corrected chi connectivity index (χ1v) is 11.2. The summed E-state index contributed by atoms with van der Waals surface area (Å²) in [6.07, 6.45) is 4.24. The standard InChI is InChI=1S/C24H38N2O3/c1-6-7-8-13-25-23(27)20-11-14-26(15-12-20)24(28)19(5)29-22-16-21(17(2)3)10-9-18(22)4/h9-10,16-17,19-20H,6-8,11-15H2,1-5H3,(H,25,27). The highest BCUT2D eigenvalue weighted by molar-refractivity contribution is 5.82. The molecule has 1 aliphatic rings. The van der Waals surface area contributed by atoms with E-state index in [1.54, 1.807) is 0 Å². The first-order valence-electron chi connectivity index (χ1n) is 11.2. The molecule has 1 N–H and O–H groups in total. The molecule has 1 atom stereocenters. The normalized spacial score (nSPS) is 16.0. The molecule has 1 aromatic carbocycles. The molecule has 1 heterocycles. The first-order chi connectivity index (χ1) is 13.8. The number of unbranched alkanes of at least 4 members (excludes halogenated alkanes) is 2. The minimum absolute atomic E-state index is 0.00107. The van der Waals surface area contributed by atoms with Crippen LogP contribution in [0.15, 0.2) is 18.2 Å². The van der Waals surface area contributed by atoms with Crippen LogP contribution in [0.4, 0.5) is 0 Å². The van der Waals surface area contributed by atoms with Crippen LogP contribution >= 0.6 is 0 Å². The molecule has 1 saturated heterocycles. The molecule has 5 heteroatoms. The Labute approximate surface area is 176 Å². The Balaban J connectivity index is 1.84. The molecule has 0 radical (unpaired) electrons. The van der Waals surface area contributed by atoms with Crippen molar-refractivity contribution in [3.8, 4) is 5.75 Å². The summed E-state index contributed by atoms with van der Waals surface area (Å²) in [6, 6.07) is 6.20. The molecule has 0 saturated carbocycles. The molecule has 0 aromatic heterocycles. The summed E-state index contributed by atoms with van der Waals surface area (Å²) in [5, 5.41) is 3.04. The van der Waals surface area contributed by atoms with E-state index in [0.717, 1.165) is 50.0 Å². The molecule has 1 aliphatic heterocycles. The summed E-state index contributed by atoms with van der Waals surface area (Å²) >= 11 is 0. The maximum atomic E-state index is 12.9. The third-order valence-electron chi connectivity index (χ3n) is 5.79. The number of piperidine rings is 1. The number of likely N-dealkylation sites (tertiary alicyclic amines) is 1. The zero-order valence-electron chi connectivity index (χ0n) is 18.8. The number of carbonyl (C=O) groups is 2. The Hall–Kier alpha value is -2.04. The number of nitrogens with one attached hydrogen (secondary N) is 1. The van der Waals surface area contributed by atoms with Gasteiger partial charge in [-0.25, -0.2) is 0 Å². The fourth-order valence-electron chi connectivity index (χ4n) is 3.69. The van der Waals surface area contributed by atoms with E-state index in [4.69, 9.17) is 4.74 Å². The average molecular weight is 403 g/mol. The van der Waals surface area contributed by atoms with E-state index in [-0.39, 0.29) is 17.7 Å². The molecule has 1 unspecified atom stereocenters. The van der Waals surface area contributed by atoms with E-state index >= 15 is 0 Å². The lowest BCUT2D eigenvalue weighted by atomic mass is 9.95. The van der Waals surface area contributed by atoms with Crippen LogP contribution in [0.1, 0.15) is 76.8 Å². The topological polar surface area (TPSA) is 58.6 Å². The first kappa shape index (κ1) is 23.2. The smallest absolute Gasteiger partial charge is 0.263 e. The van der Waals surface area contributed by atoms with Crippen LogP contribution in [0.3, 0.4) is 0 Å². The highest BCUT2D eigenvalue weighted by Crippen LogP contribution is 2.26. The molecule has 1 aromatic rings. The van der Waals surface area contributed by atoms with Crippen molar-refractivity contribution in [2.24, 2.45) is 5.92 Å². The van der Waals surface area contributed by atoms with Gasteiger partial charge >= 0.3 is 0 Å². The summed E-state index contributed by atoms with van der Waals surface area (Å²) in [7, 11) is 0. The number of nitrogens with zero attached hydrogens (tertiary/aromatic N) is 1. The van der Waals surface area contributed by atoms with Crippen molar-refractivity contribution in [3.05, 3.63) is 29.3 Å². The van der Waals surface area contributed by atoms with Crippen molar-refractivity contribution in [1.82, 2.24) is 10.2 Å². The molecular weight excluding hydrogens is 364 g/mol. The van der Waals surface area contributed by atoms with E-state index in [9.17, 15) is 9.59 Å². The van der Waals surface area contributed by atoms with E-state index in [1.165, 1.54) is 5.56 Å². The summed E-state index contributed by atoms with van der Waals surface area (Å²) in [4.78, 5) is 27.0. The van der Waals surface area contributed by atoms with Crippen molar-refractivity contribution in [2.45, 2.75) is 78.7 Å². The lowest BCUT2D eigenvalue weighted by molar-refractivity contribution is -0.141. The SMILES string of the molecule is CCCCCNC(=O)C1CCN(C(=O)C(C)Oc2cc(C(C)C)ccc2C)CC1. The molecule has 2 amide bonds. The number of ether oxygens (including phenoxy) is 1. The van der Waals surface area contributed by atoms with Gasteiger partial charge in [-0.1, -0.05) is 45.7 Å². The molecule has 2 rings (SSSR count). The summed E-state index contributed by atoms with van der Waals surface area (Å²) in [6.45, 7) is 12.3. The highest BCUT2D eigenvalue weighted by Gasteiger charge is 2.30. The van der Waals surface area contributed by atoms with Crippen LogP contribution in [0, 0.1) is 12.8 Å². The lowest BCUT2D eigenvalue weighted by Crippen LogP contribution is -2.47. The fraction of sp³-hybridized carbons (Fsp3) is 0.667. The van der Waals surface area contributed by atoms with Crippen molar-refractivity contribution in [3.63, 3.8) is 0 Å². The summed E-state index contributed by atoms with van der Waals surface area (Å²) in [5.74, 6) is 1.34. The number of rotatable bonds is 9. The van der Waals surface area contributed by atoms with Crippen LogP contribution in [0.2, 0.25) is 0 Å². The monoisotopic (exact) mass is 402 g/mol. The maximum absolute atomic E-state index is 12.9. The molecular formula is C24H38N2O3. The van der Waals surface area contributed by atoms with Crippen LogP contribution in [0.5, 0.6) is 5.75 Å². The molecule has 29 heavy (non-hydrogen) atoms. The number of carbonyl (C=O) groups excluding carboxylic acids is 2. The van der Waals surface area contributed by atoms with E-state index < -0.39 is 6.10 Å². The zero-order valence-corrected chi connectivity index (χ0v) is 18.8.